The van der Waals surface area contributed by atoms with Crippen LogP contribution in [0.4, 0.5) is 5.82 Å². The number of nitriles is 1. The first-order valence-corrected chi connectivity index (χ1v) is 14.3. The molecule has 0 radical (unpaired) electrons. The highest BCUT2D eigenvalue weighted by Gasteiger charge is 2.33. The second-order valence-corrected chi connectivity index (χ2v) is 11.5. The van der Waals surface area contributed by atoms with Gasteiger partial charge in [-0.3, -0.25) is 19.1 Å². The number of aromatic nitrogens is 1. The number of thiocarbonyl (C=S) groups is 1. The maximum Gasteiger partial charge on any atom is 0.270 e. The number of anilines is 1. The van der Waals surface area contributed by atoms with Crippen molar-refractivity contribution >= 4 is 46.1 Å². The van der Waals surface area contributed by atoms with Crippen molar-refractivity contribution in [2.45, 2.75) is 72.4 Å². The number of carbonyl (C=O) groups is 1. The van der Waals surface area contributed by atoms with E-state index in [0.717, 1.165) is 74.1 Å². The minimum atomic E-state index is -0.239. The van der Waals surface area contributed by atoms with Gasteiger partial charge in [-0.2, -0.15) is 5.26 Å². The Balaban J connectivity index is 1.81. The Labute approximate surface area is 229 Å². The van der Waals surface area contributed by atoms with Gasteiger partial charge in [0.25, 0.3) is 11.5 Å². The van der Waals surface area contributed by atoms with Crippen LogP contribution in [0.3, 0.4) is 0 Å². The van der Waals surface area contributed by atoms with E-state index in [9.17, 15) is 14.9 Å². The third-order valence-electron chi connectivity index (χ3n) is 7.10. The Morgan fingerprint density at radius 3 is 2.38 bits per heavy atom. The van der Waals surface area contributed by atoms with Crippen LogP contribution in [-0.2, 0) is 17.9 Å². The lowest BCUT2D eigenvalue weighted by Gasteiger charge is -2.29. The lowest BCUT2D eigenvalue weighted by Crippen LogP contribution is -2.35. The number of hydrogen-bond acceptors (Lipinski definition) is 6. The molecule has 0 unspecified atom stereocenters. The molecule has 37 heavy (non-hydrogen) atoms. The molecule has 3 heterocycles. The van der Waals surface area contributed by atoms with Gasteiger partial charge in [-0.25, -0.2) is 0 Å². The van der Waals surface area contributed by atoms with Crippen LogP contribution in [0.5, 0.6) is 0 Å². The highest BCUT2D eigenvalue weighted by atomic mass is 32.2. The first kappa shape index (κ1) is 27.2. The molecule has 2 aliphatic rings. The fourth-order valence-corrected chi connectivity index (χ4v) is 6.17. The zero-order valence-corrected chi connectivity index (χ0v) is 23.5. The van der Waals surface area contributed by atoms with Crippen molar-refractivity contribution in [1.82, 2.24) is 9.47 Å². The number of rotatable bonds is 7. The highest BCUT2D eigenvalue weighted by Crippen LogP contribution is 2.37. The number of pyridine rings is 1. The molecule has 1 aromatic heterocycles. The standard InChI is InChI=1S/C29H34N4O2S2/c1-4-5-16-32-26(31-14-8-6-7-9-15-31)23(21(3)24(18-30)27(32)34)17-25-28(35)33(29(36)37-25)19-22-12-10-20(2)11-13-22/h10-13,17H,4-9,14-16,19H2,1-3H3/b25-17+. The third kappa shape index (κ3) is 5.83. The fraction of sp³-hybridized carbons (Fsp3) is 0.448. The van der Waals surface area contributed by atoms with Gasteiger partial charge in [0, 0.05) is 25.2 Å². The van der Waals surface area contributed by atoms with Crippen molar-refractivity contribution in [3.63, 3.8) is 0 Å². The predicted octanol–water partition coefficient (Wildman–Crippen LogP) is 5.92. The van der Waals surface area contributed by atoms with Gasteiger partial charge in [-0.05, 0) is 50.3 Å². The van der Waals surface area contributed by atoms with E-state index < -0.39 is 0 Å². The molecule has 2 fully saturated rings. The third-order valence-corrected chi connectivity index (χ3v) is 8.48. The van der Waals surface area contributed by atoms with Crippen LogP contribution in [0.1, 0.15) is 73.3 Å². The van der Waals surface area contributed by atoms with E-state index >= 15 is 0 Å². The molecular weight excluding hydrogens is 500 g/mol. The average molecular weight is 535 g/mol. The van der Waals surface area contributed by atoms with Crippen LogP contribution in [0.15, 0.2) is 34.0 Å². The lowest BCUT2D eigenvalue weighted by atomic mass is 10.0. The summed E-state index contributed by atoms with van der Waals surface area (Å²) >= 11 is 6.89. The summed E-state index contributed by atoms with van der Waals surface area (Å²) in [6.45, 7) is 8.62. The molecule has 6 nitrogen and oxygen atoms in total. The number of aryl methyl sites for hydroxylation is 1. The molecule has 2 aromatic rings. The minimum Gasteiger partial charge on any atom is -0.357 e. The zero-order chi connectivity index (χ0) is 26.5. The Hall–Kier alpha value is -2.89. The second kappa shape index (κ2) is 12.1. The number of carbonyl (C=O) groups excluding carboxylic acids is 1. The highest BCUT2D eigenvalue weighted by molar-refractivity contribution is 8.26. The topological polar surface area (TPSA) is 69.3 Å². The molecule has 4 rings (SSSR count). The minimum absolute atomic E-state index is 0.137. The number of nitrogens with zero attached hydrogens (tertiary/aromatic N) is 4. The van der Waals surface area contributed by atoms with Crippen molar-refractivity contribution in [3.05, 3.63) is 67.3 Å². The van der Waals surface area contributed by atoms with Gasteiger partial charge >= 0.3 is 0 Å². The van der Waals surface area contributed by atoms with Crippen LogP contribution >= 0.6 is 24.0 Å². The Bertz CT molecular complexity index is 1310. The predicted molar refractivity (Wildman–Crippen MR) is 156 cm³/mol. The molecule has 194 valence electrons. The van der Waals surface area contributed by atoms with Crippen LogP contribution in [0.25, 0.3) is 6.08 Å². The second-order valence-electron chi connectivity index (χ2n) is 9.81. The molecule has 0 aliphatic carbocycles. The van der Waals surface area contributed by atoms with Crippen LogP contribution in [0, 0.1) is 25.2 Å². The van der Waals surface area contributed by atoms with Gasteiger partial charge in [0.05, 0.1) is 11.4 Å². The summed E-state index contributed by atoms with van der Waals surface area (Å²) in [5.74, 6) is 0.697. The lowest BCUT2D eigenvalue weighted by molar-refractivity contribution is -0.122. The molecule has 0 bridgehead atoms. The fourth-order valence-electron chi connectivity index (χ4n) is 4.93. The van der Waals surface area contributed by atoms with Crippen molar-refractivity contribution < 1.29 is 4.79 Å². The largest absolute Gasteiger partial charge is 0.357 e. The number of hydrogen-bond donors (Lipinski definition) is 0. The first-order chi connectivity index (χ1) is 17.8. The number of unbranched alkanes of at least 4 members (excludes halogenated alkanes) is 1. The SMILES string of the molecule is CCCCn1c(N2CCCCCC2)c(/C=C2/SC(=S)N(Cc3ccc(C)cc3)C2=O)c(C)c(C#N)c1=O. The van der Waals surface area contributed by atoms with Crippen LogP contribution in [0.2, 0.25) is 0 Å². The van der Waals surface area contributed by atoms with Crippen LogP contribution < -0.4 is 10.5 Å². The molecule has 0 atom stereocenters. The summed E-state index contributed by atoms with van der Waals surface area (Å²) in [6, 6.07) is 10.2. The Morgan fingerprint density at radius 1 is 1.08 bits per heavy atom. The van der Waals surface area contributed by atoms with Gasteiger partial charge in [-0.1, -0.05) is 80.0 Å². The molecule has 8 heteroatoms. The summed E-state index contributed by atoms with van der Waals surface area (Å²) in [5.41, 5.74) is 3.50. The van der Waals surface area contributed by atoms with Gasteiger partial charge < -0.3 is 4.90 Å². The molecule has 1 aromatic carbocycles. The summed E-state index contributed by atoms with van der Waals surface area (Å²) < 4.78 is 2.30. The van der Waals surface area contributed by atoms with Gasteiger partial charge in [0.2, 0.25) is 0 Å². The van der Waals surface area contributed by atoms with Crippen molar-refractivity contribution in [3.8, 4) is 6.07 Å². The van der Waals surface area contributed by atoms with Crippen molar-refractivity contribution in [1.29, 1.82) is 5.26 Å². The molecule has 0 spiro atoms. The van der Waals surface area contributed by atoms with Gasteiger partial charge in [0.15, 0.2) is 0 Å². The Morgan fingerprint density at radius 2 is 1.76 bits per heavy atom. The molecule has 0 saturated carbocycles. The van der Waals surface area contributed by atoms with E-state index in [-0.39, 0.29) is 17.0 Å². The van der Waals surface area contributed by atoms with Crippen LogP contribution in [-0.4, -0.2) is 32.8 Å². The van der Waals surface area contributed by atoms with E-state index in [1.54, 1.807) is 9.47 Å². The maximum absolute atomic E-state index is 13.5. The molecular formula is C29H34N4O2S2. The number of thioether (sulfide) groups is 1. The Kier molecular flexibility index (Phi) is 8.88. The van der Waals surface area contributed by atoms with E-state index in [0.29, 0.717) is 27.9 Å². The summed E-state index contributed by atoms with van der Waals surface area (Å²) in [7, 11) is 0. The van der Waals surface area contributed by atoms with Crippen molar-refractivity contribution in [2.24, 2.45) is 0 Å². The molecule has 0 N–H and O–H groups in total. The van der Waals surface area contributed by atoms with Crippen molar-refractivity contribution in [2.75, 3.05) is 18.0 Å². The van der Waals surface area contributed by atoms with E-state index in [1.807, 2.05) is 44.2 Å². The van der Waals surface area contributed by atoms with Gasteiger partial charge in [0.1, 0.15) is 21.8 Å². The number of amides is 1. The average Bonchev–Trinajstić information content (AvgIpc) is 3.05. The normalized spacial score (nSPS) is 17.4. The van der Waals surface area contributed by atoms with E-state index in [1.165, 1.54) is 11.8 Å². The molecule has 2 saturated heterocycles. The molecule has 2 aliphatic heterocycles. The maximum atomic E-state index is 13.5. The first-order valence-electron chi connectivity index (χ1n) is 13.1. The summed E-state index contributed by atoms with van der Waals surface area (Å²) in [4.78, 5) is 31.4. The summed E-state index contributed by atoms with van der Waals surface area (Å²) in [6.07, 6.45) is 8.09. The van der Waals surface area contributed by atoms with Gasteiger partial charge in [-0.15, -0.1) is 0 Å². The quantitative estimate of drug-likeness (QED) is 0.325. The molecule has 1 amide bonds. The van der Waals surface area contributed by atoms with E-state index in [4.69, 9.17) is 12.2 Å². The van der Waals surface area contributed by atoms with E-state index in [2.05, 4.69) is 17.9 Å². The smallest absolute Gasteiger partial charge is 0.270 e. The monoisotopic (exact) mass is 534 g/mol. The zero-order valence-electron chi connectivity index (χ0n) is 21.9. The summed E-state index contributed by atoms with van der Waals surface area (Å²) in [5, 5.41) is 9.90. The number of benzene rings is 1.